The van der Waals surface area contributed by atoms with Crippen LogP contribution in [0.25, 0.3) is 33.3 Å². The number of aromatic hydroxyl groups is 1. The van der Waals surface area contributed by atoms with Crippen LogP contribution in [-0.2, 0) is 12.8 Å². The van der Waals surface area contributed by atoms with E-state index in [2.05, 4.69) is 4.98 Å². The van der Waals surface area contributed by atoms with E-state index in [1.54, 1.807) is 25.1 Å². The molecule has 0 spiro atoms. The minimum Gasteiger partial charge on any atom is -0.507 e. The summed E-state index contributed by atoms with van der Waals surface area (Å²) in [5.41, 5.74) is 6.98. The smallest absolute Gasteiger partial charge is 0.339 e. The van der Waals surface area contributed by atoms with Crippen LogP contribution in [0, 0.1) is 12.7 Å². The molecule has 0 radical (unpaired) electrons. The van der Waals surface area contributed by atoms with Crippen molar-refractivity contribution < 1.29 is 19.4 Å². The monoisotopic (exact) mass is 387 g/mol. The van der Waals surface area contributed by atoms with Crippen LogP contribution in [0.2, 0.25) is 0 Å². The number of hydrogen-bond acceptors (Lipinski definition) is 2. The summed E-state index contributed by atoms with van der Waals surface area (Å²) in [5.74, 6) is -1.60. The summed E-state index contributed by atoms with van der Waals surface area (Å²) >= 11 is 0. The van der Waals surface area contributed by atoms with Crippen molar-refractivity contribution >= 4 is 16.9 Å². The lowest BCUT2D eigenvalue weighted by Crippen LogP contribution is -2.06. The standard InChI is InChI=1S/C24H18FNO3/c1-12-2-3-13(9-20(12)25)14-4-6-16-17-7-5-15-8-19(24(28)29)22(27)11-18(15)23(17)26-21(16)10-14/h2-4,6,8-11,26-27H,5,7H2,1H3,(H,28,29). The molecule has 1 aliphatic carbocycles. The molecule has 0 atom stereocenters. The highest BCUT2D eigenvalue weighted by atomic mass is 19.1. The highest BCUT2D eigenvalue weighted by Gasteiger charge is 2.24. The second-order valence-corrected chi connectivity index (χ2v) is 7.53. The first-order valence-electron chi connectivity index (χ1n) is 9.43. The highest BCUT2D eigenvalue weighted by Crippen LogP contribution is 2.41. The van der Waals surface area contributed by atoms with Gasteiger partial charge in [-0.15, -0.1) is 0 Å². The molecule has 5 rings (SSSR count). The summed E-state index contributed by atoms with van der Waals surface area (Å²) in [7, 11) is 0. The number of aryl methyl sites for hydroxylation is 3. The number of nitrogens with one attached hydrogen (secondary N) is 1. The fraction of sp³-hybridized carbons (Fsp3) is 0.125. The molecule has 1 heterocycles. The maximum atomic E-state index is 14.0. The number of carboxylic acid groups (broad SMARTS) is 1. The maximum absolute atomic E-state index is 14.0. The molecular formula is C24H18FNO3. The third kappa shape index (κ3) is 2.70. The Morgan fingerprint density at radius 1 is 1.03 bits per heavy atom. The Morgan fingerprint density at radius 2 is 1.79 bits per heavy atom. The number of aromatic amines is 1. The van der Waals surface area contributed by atoms with Gasteiger partial charge in [0.1, 0.15) is 17.1 Å². The number of hydrogen-bond donors (Lipinski definition) is 3. The summed E-state index contributed by atoms with van der Waals surface area (Å²) in [6.07, 6.45) is 1.49. The minimum atomic E-state index is -1.14. The molecule has 144 valence electrons. The van der Waals surface area contributed by atoms with Gasteiger partial charge in [0.15, 0.2) is 0 Å². The van der Waals surface area contributed by atoms with Crippen LogP contribution in [0.3, 0.4) is 0 Å². The molecule has 0 saturated carbocycles. The Balaban J connectivity index is 1.66. The van der Waals surface area contributed by atoms with Crippen LogP contribution in [0.4, 0.5) is 4.39 Å². The van der Waals surface area contributed by atoms with Crippen LogP contribution in [0.5, 0.6) is 5.75 Å². The normalized spacial score (nSPS) is 12.6. The average Bonchev–Trinajstić information content (AvgIpc) is 3.07. The lowest BCUT2D eigenvalue weighted by molar-refractivity contribution is 0.0693. The molecule has 4 aromatic rings. The van der Waals surface area contributed by atoms with E-state index >= 15 is 0 Å². The topological polar surface area (TPSA) is 73.3 Å². The number of aromatic nitrogens is 1. The van der Waals surface area contributed by atoms with E-state index in [1.807, 2.05) is 24.3 Å². The second kappa shape index (κ2) is 6.21. The fourth-order valence-corrected chi connectivity index (χ4v) is 4.20. The molecule has 4 nitrogen and oxygen atoms in total. The Kier molecular flexibility index (Phi) is 3.74. The first-order valence-corrected chi connectivity index (χ1v) is 9.43. The largest absolute Gasteiger partial charge is 0.507 e. The zero-order valence-electron chi connectivity index (χ0n) is 15.7. The zero-order chi connectivity index (χ0) is 20.3. The summed E-state index contributed by atoms with van der Waals surface area (Å²) in [6.45, 7) is 1.74. The Labute approximate surface area is 166 Å². The lowest BCUT2D eigenvalue weighted by Gasteiger charge is -2.18. The van der Waals surface area contributed by atoms with Gasteiger partial charge in [-0.1, -0.05) is 24.3 Å². The molecule has 29 heavy (non-hydrogen) atoms. The quantitative estimate of drug-likeness (QED) is 0.428. The summed E-state index contributed by atoms with van der Waals surface area (Å²) in [4.78, 5) is 14.7. The van der Waals surface area contributed by atoms with Gasteiger partial charge < -0.3 is 15.2 Å². The number of carbonyl (C=O) groups is 1. The molecule has 0 amide bonds. The van der Waals surface area contributed by atoms with Crippen molar-refractivity contribution in [1.29, 1.82) is 0 Å². The number of fused-ring (bicyclic) bond motifs is 5. The summed E-state index contributed by atoms with van der Waals surface area (Å²) in [6, 6.07) is 14.3. The van der Waals surface area contributed by atoms with E-state index in [0.717, 1.165) is 50.8 Å². The Bertz CT molecular complexity index is 1320. The first-order chi connectivity index (χ1) is 13.9. The average molecular weight is 387 g/mol. The van der Waals surface area contributed by atoms with Crippen molar-refractivity contribution in [2.45, 2.75) is 19.8 Å². The van der Waals surface area contributed by atoms with Crippen LogP contribution >= 0.6 is 0 Å². The van der Waals surface area contributed by atoms with Gasteiger partial charge in [-0.2, -0.15) is 0 Å². The lowest BCUT2D eigenvalue weighted by atomic mass is 9.87. The van der Waals surface area contributed by atoms with Crippen molar-refractivity contribution in [3.63, 3.8) is 0 Å². The first kappa shape index (κ1) is 17.5. The zero-order valence-corrected chi connectivity index (χ0v) is 15.7. The Morgan fingerprint density at radius 3 is 2.55 bits per heavy atom. The number of benzene rings is 3. The van der Waals surface area contributed by atoms with Gasteiger partial charge in [-0.05, 0) is 71.8 Å². The van der Waals surface area contributed by atoms with Crippen molar-refractivity contribution in [3.05, 3.63) is 76.6 Å². The van der Waals surface area contributed by atoms with Gasteiger partial charge in [-0.25, -0.2) is 9.18 Å². The van der Waals surface area contributed by atoms with E-state index < -0.39 is 5.97 Å². The van der Waals surface area contributed by atoms with Crippen LogP contribution in [0.1, 0.15) is 27.0 Å². The number of halogens is 1. The second-order valence-electron chi connectivity index (χ2n) is 7.53. The minimum absolute atomic E-state index is 0.0769. The van der Waals surface area contributed by atoms with E-state index in [1.165, 1.54) is 6.07 Å². The van der Waals surface area contributed by atoms with Crippen LogP contribution in [0.15, 0.2) is 48.5 Å². The maximum Gasteiger partial charge on any atom is 0.339 e. The Hall–Kier alpha value is -3.60. The molecule has 0 bridgehead atoms. The number of rotatable bonds is 2. The molecule has 0 fully saturated rings. The van der Waals surface area contributed by atoms with Gasteiger partial charge >= 0.3 is 5.97 Å². The van der Waals surface area contributed by atoms with Crippen molar-refractivity contribution in [2.24, 2.45) is 0 Å². The van der Waals surface area contributed by atoms with Crippen LogP contribution < -0.4 is 0 Å². The molecule has 0 saturated heterocycles. The van der Waals surface area contributed by atoms with Crippen molar-refractivity contribution in [3.8, 4) is 28.1 Å². The molecule has 5 heteroatoms. The highest BCUT2D eigenvalue weighted by molar-refractivity contribution is 5.97. The molecule has 0 aliphatic heterocycles. The number of carboxylic acids is 1. The van der Waals surface area contributed by atoms with Gasteiger partial charge in [0, 0.05) is 16.5 Å². The van der Waals surface area contributed by atoms with E-state index in [-0.39, 0.29) is 17.1 Å². The van der Waals surface area contributed by atoms with Gasteiger partial charge in [-0.3, -0.25) is 0 Å². The summed E-state index contributed by atoms with van der Waals surface area (Å²) in [5, 5.41) is 20.5. The molecule has 3 N–H and O–H groups in total. The SMILES string of the molecule is Cc1ccc(-c2ccc3c4c([nH]c3c2)-c2cc(O)c(C(=O)O)cc2CC4)cc1F. The molecule has 0 unspecified atom stereocenters. The van der Waals surface area contributed by atoms with Gasteiger partial charge in [0.05, 0.1) is 5.69 Å². The molecular weight excluding hydrogens is 369 g/mol. The summed E-state index contributed by atoms with van der Waals surface area (Å²) < 4.78 is 14.0. The van der Waals surface area contributed by atoms with Gasteiger partial charge in [0.2, 0.25) is 0 Å². The number of H-pyrrole nitrogens is 1. The van der Waals surface area contributed by atoms with Gasteiger partial charge in [0.25, 0.3) is 0 Å². The molecule has 1 aliphatic rings. The van der Waals surface area contributed by atoms with Crippen molar-refractivity contribution in [1.82, 2.24) is 4.98 Å². The van der Waals surface area contributed by atoms with E-state index in [0.29, 0.717) is 12.0 Å². The fourth-order valence-electron chi connectivity index (χ4n) is 4.20. The third-order valence-electron chi connectivity index (χ3n) is 5.78. The van der Waals surface area contributed by atoms with E-state index in [4.69, 9.17) is 0 Å². The molecule has 1 aromatic heterocycles. The third-order valence-corrected chi connectivity index (χ3v) is 5.78. The van der Waals surface area contributed by atoms with Crippen LogP contribution in [-0.4, -0.2) is 21.2 Å². The molecule has 3 aromatic carbocycles. The van der Waals surface area contributed by atoms with Crippen molar-refractivity contribution in [2.75, 3.05) is 0 Å². The number of aromatic carboxylic acids is 1. The predicted octanol–water partition coefficient (Wildman–Crippen LogP) is 5.45. The van der Waals surface area contributed by atoms with E-state index in [9.17, 15) is 19.4 Å². The predicted molar refractivity (Wildman–Crippen MR) is 110 cm³/mol. The number of phenols is 1.